The van der Waals surface area contributed by atoms with Crippen molar-refractivity contribution in [3.05, 3.63) is 12.2 Å². The number of esters is 1. The standard InChI is InChI=1S/C14H25ClO3Si/c1-10(15)13(16)17-11-7-8-12(9-11)18-19(5,6)14(2,3)4/h7-8,10-12H,9H2,1-6H3/t10-,11+,12-/m0/s1. The van der Waals surface area contributed by atoms with Crippen molar-refractivity contribution in [2.24, 2.45) is 0 Å². The normalized spacial score (nSPS) is 25.4. The Kier molecular flexibility index (Phi) is 5.26. The molecule has 0 spiro atoms. The molecule has 3 atom stereocenters. The molecule has 0 heterocycles. The monoisotopic (exact) mass is 304 g/mol. The molecule has 0 saturated heterocycles. The fraction of sp³-hybridized carbons (Fsp3) is 0.786. The first kappa shape index (κ1) is 16.7. The number of rotatable bonds is 4. The highest BCUT2D eigenvalue weighted by Crippen LogP contribution is 2.38. The summed E-state index contributed by atoms with van der Waals surface area (Å²) in [5.41, 5.74) is 0. The minimum Gasteiger partial charge on any atom is -0.457 e. The maximum absolute atomic E-state index is 11.4. The van der Waals surface area contributed by atoms with Crippen molar-refractivity contribution in [2.75, 3.05) is 0 Å². The molecule has 19 heavy (non-hydrogen) atoms. The lowest BCUT2D eigenvalue weighted by molar-refractivity contribution is -0.146. The van der Waals surface area contributed by atoms with Gasteiger partial charge in [0, 0.05) is 6.42 Å². The summed E-state index contributed by atoms with van der Waals surface area (Å²) in [5.74, 6) is -0.371. The second-order valence-corrected chi connectivity index (χ2v) is 12.0. The third kappa shape index (κ3) is 4.62. The van der Waals surface area contributed by atoms with Gasteiger partial charge in [0.25, 0.3) is 0 Å². The second kappa shape index (κ2) is 5.98. The van der Waals surface area contributed by atoms with Gasteiger partial charge in [-0.15, -0.1) is 11.6 Å². The predicted octanol–water partition coefficient (Wildman–Crippen LogP) is 3.88. The van der Waals surface area contributed by atoms with E-state index >= 15 is 0 Å². The maximum atomic E-state index is 11.4. The van der Waals surface area contributed by atoms with E-state index in [1.807, 2.05) is 12.2 Å². The Labute approximate surface area is 122 Å². The summed E-state index contributed by atoms with van der Waals surface area (Å²) < 4.78 is 11.5. The Morgan fingerprint density at radius 3 is 2.32 bits per heavy atom. The summed E-state index contributed by atoms with van der Waals surface area (Å²) in [6.07, 6.45) is 4.43. The van der Waals surface area contributed by atoms with Crippen LogP contribution in [-0.2, 0) is 14.0 Å². The van der Waals surface area contributed by atoms with Crippen LogP contribution in [-0.4, -0.2) is 31.9 Å². The van der Waals surface area contributed by atoms with Crippen molar-refractivity contribution in [2.45, 2.75) is 69.8 Å². The molecule has 1 aliphatic rings. The van der Waals surface area contributed by atoms with Gasteiger partial charge in [0.2, 0.25) is 0 Å². The van der Waals surface area contributed by atoms with E-state index in [1.54, 1.807) is 6.92 Å². The largest absolute Gasteiger partial charge is 0.457 e. The molecule has 0 aliphatic heterocycles. The third-order valence-corrected chi connectivity index (χ3v) is 8.53. The SMILES string of the molecule is C[C@H](Cl)C(=O)O[C@@H]1C=C[C@H](O[Si](C)(C)C(C)(C)C)C1. The Bertz CT molecular complexity index is 358. The Hall–Kier alpha value is -0.323. The van der Waals surface area contributed by atoms with Crippen molar-refractivity contribution in [1.29, 1.82) is 0 Å². The molecule has 0 unspecified atom stereocenters. The lowest BCUT2D eigenvalue weighted by Crippen LogP contribution is -2.43. The molecule has 3 nitrogen and oxygen atoms in total. The average Bonchev–Trinajstić information content (AvgIpc) is 2.62. The molecule has 0 fully saturated rings. The van der Waals surface area contributed by atoms with Gasteiger partial charge in [0.05, 0.1) is 6.10 Å². The van der Waals surface area contributed by atoms with Gasteiger partial charge in [0.1, 0.15) is 11.5 Å². The van der Waals surface area contributed by atoms with Crippen molar-refractivity contribution in [3.8, 4) is 0 Å². The summed E-state index contributed by atoms with van der Waals surface area (Å²) >= 11 is 5.69. The number of hydrogen-bond acceptors (Lipinski definition) is 3. The number of hydrogen-bond donors (Lipinski definition) is 0. The van der Waals surface area contributed by atoms with Crippen LogP contribution in [0.2, 0.25) is 18.1 Å². The fourth-order valence-electron chi connectivity index (χ4n) is 1.61. The summed E-state index contributed by atoms with van der Waals surface area (Å²) in [5, 5.41) is -0.422. The molecule has 0 aromatic carbocycles. The summed E-state index contributed by atoms with van der Waals surface area (Å²) in [4.78, 5) is 11.4. The van der Waals surface area contributed by atoms with E-state index in [1.165, 1.54) is 0 Å². The highest BCUT2D eigenvalue weighted by Gasteiger charge is 2.40. The first-order valence-electron chi connectivity index (χ1n) is 6.73. The van der Waals surface area contributed by atoms with Gasteiger partial charge in [-0.25, -0.2) is 0 Å². The molecule has 1 rings (SSSR count). The van der Waals surface area contributed by atoms with E-state index < -0.39 is 13.7 Å². The van der Waals surface area contributed by atoms with Crippen molar-refractivity contribution < 1.29 is 14.0 Å². The zero-order chi connectivity index (χ0) is 14.8. The van der Waals surface area contributed by atoms with Crippen LogP contribution in [0.5, 0.6) is 0 Å². The van der Waals surface area contributed by atoms with Crippen LogP contribution < -0.4 is 0 Å². The molecule has 110 valence electrons. The summed E-state index contributed by atoms with van der Waals surface area (Å²) in [7, 11) is -1.78. The smallest absolute Gasteiger partial charge is 0.324 e. The van der Waals surface area contributed by atoms with Crippen LogP contribution in [0.4, 0.5) is 0 Å². The Morgan fingerprint density at radius 2 is 1.84 bits per heavy atom. The molecular formula is C14H25ClO3Si. The van der Waals surface area contributed by atoms with Crippen molar-refractivity contribution in [1.82, 2.24) is 0 Å². The molecule has 0 radical (unpaired) electrons. The van der Waals surface area contributed by atoms with Crippen LogP contribution in [0.15, 0.2) is 12.2 Å². The first-order chi connectivity index (χ1) is 8.53. The lowest BCUT2D eigenvalue weighted by atomic mass is 10.2. The van der Waals surface area contributed by atoms with Gasteiger partial charge in [0.15, 0.2) is 8.32 Å². The maximum Gasteiger partial charge on any atom is 0.324 e. The number of carbonyl (C=O) groups is 1. The molecule has 1 aliphatic carbocycles. The van der Waals surface area contributed by atoms with E-state index in [4.69, 9.17) is 20.8 Å². The minimum atomic E-state index is -1.78. The van der Waals surface area contributed by atoms with Gasteiger partial charge >= 0.3 is 5.97 Å². The lowest BCUT2D eigenvalue weighted by Gasteiger charge is -2.38. The van der Waals surface area contributed by atoms with Gasteiger partial charge in [-0.2, -0.15) is 0 Å². The zero-order valence-electron chi connectivity index (χ0n) is 12.7. The van der Waals surface area contributed by atoms with Crippen molar-refractivity contribution >= 4 is 25.9 Å². The topological polar surface area (TPSA) is 35.5 Å². The molecular weight excluding hydrogens is 280 g/mol. The van der Waals surface area contributed by atoms with E-state index in [0.29, 0.717) is 6.42 Å². The van der Waals surface area contributed by atoms with Crippen molar-refractivity contribution in [3.63, 3.8) is 0 Å². The quantitative estimate of drug-likeness (QED) is 0.342. The van der Waals surface area contributed by atoms with Crippen LogP contribution >= 0.6 is 11.6 Å². The highest BCUT2D eigenvalue weighted by atomic mass is 35.5. The minimum absolute atomic E-state index is 0.0457. The number of carbonyl (C=O) groups excluding carboxylic acids is 1. The van der Waals surface area contributed by atoms with Gasteiger partial charge < -0.3 is 9.16 Å². The van der Waals surface area contributed by atoms with Crippen LogP contribution in [0.25, 0.3) is 0 Å². The first-order valence-corrected chi connectivity index (χ1v) is 10.1. The molecule has 0 amide bonds. The fourth-order valence-corrected chi connectivity index (χ4v) is 2.94. The molecule has 0 aromatic rings. The predicted molar refractivity (Wildman–Crippen MR) is 81.0 cm³/mol. The Morgan fingerprint density at radius 1 is 1.32 bits per heavy atom. The van der Waals surface area contributed by atoms with Gasteiger partial charge in [-0.05, 0) is 31.1 Å². The number of halogens is 1. The zero-order valence-corrected chi connectivity index (χ0v) is 14.5. The molecule has 0 bridgehead atoms. The number of ether oxygens (including phenoxy) is 1. The van der Waals surface area contributed by atoms with E-state index in [-0.39, 0.29) is 23.2 Å². The van der Waals surface area contributed by atoms with E-state index in [9.17, 15) is 4.79 Å². The van der Waals surface area contributed by atoms with Gasteiger partial charge in [-0.3, -0.25) is 4.79 Å². The van der Waals surface area contributed by atoms with Crippen LogP contribution in [0, 0.1) is 0 Å². The van der Waals surface area contributed by atoms with Crippen LogP contribution in [0.3, 0.4) is 0 Å². The third-order valence-electron chi connectivity index (χ3n) is 3.85. The molecule has 0 saturated carbocycles. The number of alkyl halides is 1. The van der Waals surface area contributed by atoms with Crippen LogP contribution in [0.1, 0.15) is 34.1 Å². The Balaban J connectivity index is 2.50. The highest BCUT2D eigenvalue weighted by molar-refractivity contribution is 6.74. The van der Waals surface area contributed by atoms with Gasteiger partial charge in [-0.1, -0.05) is 26.8 Å². The molecule has 0 aromatic heterocycles. The second-order valence-electron chi connectivity index (χ2n) is 6.63. The summed E-state index contributed by atoms with van der Waals surface area (Å²) in [6, 6.07) is 0. The summed E-state index contributed by atoms with van der Waals surface area (Å²) in [6.45, 7) is 12.7. The van der Waals surface area contributed by atoms with E-state index in [0.717, 1.165) is 0 Å². The average molecular weight is 305 g/mol. The molecule has 0 N–H and O–H groups in total. The molecule has 5 heteroatoms. The van der Waals surface area contributed by atoms with E-state index in [2.05, 4.69) is 33.9 Å².